The molecule has 7 heteroatoms. The number of aliphatic hydroxyl groups is 1. The molecule has 1 rings (SSSR count). The standard InChI is InChI=1S/C14H18F3NO2S/c1-21-9-12(5-6-19)18-13(20)8-10-3-2-4-11(7-10)14(15,16)17/h2-4,7,12,19H,5-6,8-9H2,1H3,(H,18,20). The zero-order valence-electron chi connectivity index (χ0n) is 11.6. The summed E-state index contributed by atoms with van der Waals surface area (Å²) >= 11 is 1.53. The van der Waals surface area contributed by atoms with E-state index in [0.717, 1.165) is 12.1 Å². The van der Waals surface area contributed by atoms with Crippen molar-refractivity contribution in [2.45, 2.75) is 25.1 Å². The van der Waals surface area contributed by atoms with Crippen LogP contribution in [0.5, 0.6) is 0 Å². The second-order valence-corrected chi connectivity index (χ2v) is 5.52. The Morgan fingerprint density at radius 3 is 2.71 bits per heavy atom. The average molecular weight is 321 g/mol. The second kappa shape index (κ2) is 8.29. The highest BCUT2D eigenvalue weighted by Crippen LogP contribution is 2.29. The first-order chi connectivity index (χ1) is 9.86. The van der Waals surface area contributed by atoms with Crippen LogP contribution >= 0.6 is 11.8 Å². The highest BCUT2D eigenvalue weighted by Gasteiger charge is 2.30. The van der Waals surface area contributed by atoms with Gasteiger partial charge in [-0.2, -0.15) is 24.9 Å². The molecule has 0 aromatic heterocycles. The number of rotatable bonds is 7. The third-order valence-corrected chi connectivity index (χ3v) is 3.57. The summed E-state index contributed by atoms with van der Waals surface area (Å²) in [6.45, 7) is -0.0466. The summed E-state index contributed by atoms with van der Waals surface area (Å²) in [7, 11) is 0. The van der Waals surface area contributed by atoms with E-state index in [1.165, 1.54) is 23.9 Å². The fraction of sp³-hybridized carbons (Fsp3) is 0.500. The van der Waals surface area contributed by atoms with Crippen LogP contribution in [0.2, 0.25) is 0 Å². The molecule has 0 aliphatic rings. The van der Waals surface area contributed by atoms with Crippen molar-refractivity contribution in [3.63, 3.8) is 0 Å². The predicted octanol–water partition coefficient (Wildman–Crippen LogP) is 2.48. The third-order valence-electron chi connectivity index (χ3n) is 2.83. The number of carbonyl (C=O) groups excluding carboxylic acids is 1. The molecule has 3 nitrogen and oxygen atoms in total. The number of thioether (sulfide) groups is 1. The summed E-state index contributed by atoms with van der Waals surface area (Å²) in [6.07, 6.45) is -2.22. The number of benzene rings is 1. The monoisotopic (exact) mass is 321 g/mol. The van der Waals surface area contributed by atoms with Gasteiger partial charge in [0.2, 0.25) is 5.91 Å². The van der Waals surface area contributed by atoms with Crippen molar-refractivity contribution in [3.8, 4) is 0 Å². The van der Waals surface area contributed by atoms with E-state index in [2.05, 4.69) is 5.32 Å². The number of halogens is 3. The number of carbonyl (C=O) groups is 1. The van der Waals surface area contributed by atoms with E-state index in [1.54, 1.807) is 0 Å². The van der Waals surface area contributed by atoms with Crippen molar-refractivity contribution in [2.24, 2.45) is 0 Å². The molecule has 0 saturated carbocycles. The highest BCUT2D eigenvalue weighted by atomic mass is 32.2. The smallest absolute Gasteiger partial charge is 0.396 e. The van der Waals surface area contributed by atoms with Crippen molar-refractivity contribution < 1.29 is 23.1 Å². The van der Waals surface area contributed by atoms with Crippen LogP contribution in [0.25, 0.3) is 0 Å². The molecule has 0 heterocycles. The lowest BCUT2D eigenvalue weighted by atomic mass is 10.1. The lowest BCUT2D eigenvalue weighted by molar-refractivity contribution is -0.137. The molecule has 0 aliphatic heterocycles. The molecule has 0 aliphatic carbocycles. The molecular formula is C14H18F3NO2S. The molecule has 0 bridgehead atoms. The van der Waals surface area contributed by atoms with Gasteiger partial charge in [-0.15, -0.1) is 0 Å². The fourth-order valence-corrected chi connectivity index (χ4v) is 2.53. The Labute approximate surface area is 125 Å². The topological polar surface area (TPSA) is 49.3 Å². The molecule has 2 N–H and O–H groups in total. The third kappa shape index (κ3) is 6.39. The van der Waals surface area contributed by atoms with E-state index in [-0.39, 0.29) is 25.0 Å². The summed E-state index contributed by atoms with van der Waals surface area (Å²) in [5.41, 5.74) is -0.446. The van der Waals surface area contributed by atoms with Crippen molar-refractivity contribution in [1.82, 2.24) is 5.32 Å². The Balaban J connectivity index is 2.66. The minimum atomic E-state index is -4.41. The molecule has 21 heavy (non-hydrogen) atoms. The maximum Gasteiger partial charge on any atom is 0.416 e. The first-order valence-electron chi connectivity index (χ1n) is 6.42. The second-order valence-electron chi connectivity index (χ2n) is 4.61. The maximum atomic E-state index is 12.6. The molecule has 0 fully saturated rings. The summed E-state index contributed by atoms with van der Waals surface area (Å²) < 4.78 is 37.8. The van der Waals surface area contributed by atoms with Gasteiger partial charge in [0.25, 0.3) is 0 Å². The lowest BCUT2D eigenvalue weighted by Gasteiger charge is -2.17. The SMILES string of the molecule is CSCC(CCO)NC(=O)Cc1cccc(C(F)(F)F)c1. The first-order valence-corrected chi connectivity index (χ1v) is 7.81. The van der Waals surface area contributed by atoms with Gasteiger partial charge in [-0.05, 0) is 24.3 Å². The van der Waals surface area contributed by atoms with Crippen LogP contribution in [-0.2, 0) is 17.4 Å². The number of aliphatic hydroxyl groups excluding tert-OH is 1. The predicted molar refractivity (Wildman–Crippen MR) is 77.2 cm³/mol. The van der Waals surface area contributed by atoms with Gasteiger partial charge in [0, 0.05) is 18.4 Å². The Morgan fingerprint density at radius 1 is 1.43 bits per heavy atom. The summed E-state index contributed by atoms with van der Waals surface area (Å²) in [6, 6.07) is 4.56. The zero-order valence-corrected chi connectivity index (χ0v) is 12.4. The van der Waals surface area contributed by atoms with Crippen LogP contribution in [0.15, 0.2) is 24.3 Å². The lowest BCUT2D eigenvalue weighted by Crippen LogP contribution is -2.38. The fourth-order valence-electron chi connectivity index (χ4n) is 1.88. The van der Waals surface area contributed by atoms with Crippen LogP contribution in [0.3, 0.4) is 0 Å². The number of amides is 1. The van der Waals surface area contributed by atoms with Gasteiger partial charge < -0.3 is 10.4 Å². The van der Waals surface area contributed by atoms with Crippen LogP contribution in [0, 0.1) is 0 Å². The molecule has 1 amide bonds. The molecule has 1 aromatic rings. The highest BCUT2D eigenvalue weighted by molar-refractivity contribution is 7.98. The van der Waals surface area contributed by atoms with Gasteiger partial charge in [-0.3, -0.25) is 4.79 Å². The molecule has 0 saturated heterocycles. The molecule has 118 valence electrons. The van der Waals surface area contributed by atoms with Crippen molar-refractivity contribution >= 4 is 17.7 Å². The zero-order chi connectivity index (χ0) is 15.9. The summed E-state index contributed by atoms with van der Waals surface area (Å²) in [4.78, 5) is 11.9. The van der Waals surface area contributed by atoms with Gasteiger partial charge in [-0.1, -0.05) is 18.2 Å². The maximum absolute atomic E-state index is 12.6. The van der Waals surface area contributed by atoms with Gasteiger partial charge in [0.05, 0.1) is 12.0 Å². The molecule has 1 aromatic carbocycles. The minimum absolute atomic E-state index is 0.0466. The molecule has 1 unspecified atom stereocenters. The van der Waals surface area contributed by atoms with Gasteiger partial charge >= 0.3 is 6.18 Å². The van der Waals surface area contributed by atoms with Crippen LogP contribution in [0.1, 0.15) is 17.5 Å². The van der Waals surface area contributed by atoms with Gasteiger partial charge in [0.15, 0.2) is 0 Å². The van der Waals surface area contributed by atoms with Crippen molar-refractivity contribution in [2.75, 3.05) is 18.6 Å². The van der Waals surface area contributed by atoms with E-state index in [1.807, 2.05) is 6.26 Å². The van der Waals surface area contributed by atoms with Crippen molar-refractivity contribution in [1.29, 1.82) is 0 Å². The Hall–Kier alpha value is -1.21. The van der Waals surface area contributed by atoms with E-state index < -0.39 is 11.7 Å². The molecular weight excluding hydrogens is 303 g/mol. The number of nitrogens with one attached hydrogen (secondary N) is 1. The van der Waals surface area contributed by atoms with E-state index >= 15 is 0 Å². The van der Waals surface area contributed by atoms with E-state index in [0.29, 0.717) is 17.7 Å². The van der Waals surface area contributed by atoms with Crippen molar-refractivity contribution in [3.05, 3.63) is 35.4 Å². The normalized spacial score (nSPS) is 13.0. The van der Waals surface area contributed by atoms with Gasteiger partial charge in [0.1, 0.15) is 0 Å². The first kappa shape index (κ1) is 17.8. The summed E-state index contributed by atoms with van der Waals surface area (Å²) in [5.74, 6) is 0.302. The Bertz CT molecular complexity index is 460. The average Bonchev–Trinajstić information content (AvgIpc) is 2.38. The largest absolute Gasteiger partial charge is 0.416 e. The molecule has 1 atom stereocenters. The quantitative estimate of drug-likeness (QED) is 0.811. The van der Waals surface area contributed by atoms with Crippen LogP contribution in [-0.4, -0.2) is 35.7 Å². The van der Waals surface area contributed by atoms with E-state index in [4.69, 9.17) is 5.11 Å². The number of alkyl halides is 3. The van der Waals surface area contributed by atoms with Crippen LogP contribution in [0.4, 0.5) is 13.2 Å². The van der Waals surface area contributed by atoms with Gasteiger partial charge in [-0.25, -0.2) is 0 Å². The Morgan fingerprint density at radius 2 is 2.14 bits per heavy atom. The Kier molecular flexibility index (Phi) is 7.04. The minimum Gasteiger partial charge on any atom is -0.396 e. The number of hydrogen-bond donors (Lipinski definition) is 2. The van der Waals surface area contributed by atoms with Crippen LogP contribution < -0.4 is 5.32 Å². The van der Waals surface area contributed by atoms with E-state index in [9.17, 15) is 18.0 Å². The molecule has 0 radical (unpaired) electrons. The summed E-state index contributed by atoms with van der Waals surface area (Å²) in [5, 5.41) is 11.6. The molecule has 0 spiro atoms. The number of hydrogen-bond acceptors (Lipinski definition) is 3.